The molecule has 2 rings (SSSR count). The molecular formula is C11H18BrN3O. The minimum absolute atomic E-state index is 0.223. The third kappa shape index (κ3) is 2.64. The molecule has 1 N–H and O–H groups in total. The maximum Gasteiger partial charge on any atom is 0.0906 e. The van der Waals surface area contributed by atoms with E-state index in [-0.39, 0.29) is 6.61 Å². The van der Waals surface area contributed by atoms with Crippen LogP contribution in [-0.4, -0.2) is 39.0 Å². The lowest BCUT2D eigenvalue weighted by atomic mass is 9.91. The van der Waals surface area contributed by atoms with E-state index >= 15 is 0 Å². The summed E-state index contributed by atoms with van der Waals surface area (Å²) >= 11 is 3.51. The second kappa shape index (κ2) is 5.29. The monoisotopic (exact) mass is 287 g/mol. The molecule has 0 amide bonds. The van der Waals surface area contributed by atoms with Crippen LogP contribution in [0.5, 0.6) is 0 Å². The van der Waals surface area contributed by atoms with Crippen molar-refractivity contribution in [1.82, 2.24) is 14.7 Å². The van der Waals surface area contributed by atoms with Crippen LogP contribution in [0.2, 0.25) is 0 Å². The van der Waals surface area contributed by atoms with Gasteiger partial charge in [-0.2, -0.15) is 5.10 Å². The van der Waals surface area contributed by atoms with Gasteiger partial charge in [-0.3, -0.25) is 9.58 Å². The molecule has 4 nitrogen and oxygen atoms in total. The molecule has 1 aromatic heterocycles. The van der Waals surface area contributed by atoms with Crippen molar-refractivity contribution >= 4 is 15.9 Å². The van der Waals surface area contributed by atoms with Crippen LogP contribution < -0.4 is 0 Å². The number of aliphatic hydroxyl groups excluding tert-OH is 1. The largest absolute Gasteiger partial charge is 0.395 e. The van der Waals surface area contributed by atoms with Crippen LogP contribution in [0.3, 0.4) is 0 Å². The van der Waals surface area contributed by atoms with Gasteiger partial charge in [-0.15, -0.1) is 0 Å². The number of hydrogen-bond donors (Lipinski definition) is 1. The number of nitrogens with zero attached hydrogens (tertiary/aromatic N) is 3. The highest BCUT2D eigenvalue weighted by atomic mass is 79.9. The van der Waals surface area contributed by atoms with Gasteiger partial charge in [0.2, 0.25) is 0 Å². The van der Waals surface area contributed by atoms with E-state index in [1.807, 2.05) is 17.9 Å². The Morgan fingerprint density at radius 1 is 1.62 bits per heavy atom. The zero-order valence-corrected chi connectivity index (χ0v) is 11.2. The molecule has 16 heavy (non-hydrogen) atoms. The molecule has 1 aliphatic rings. The predicted molar refractivity (Wildman–Crippen MR) is 66.0 cm³/mol. The Bertz CT molecular complexity index is 349. The summed E-state index contributed by atoms with van der Waals surface area (Å²) in [5.74, 6) is 0. The quantitative estimate of drug-likeness (QED) is 0.893. The second-order valence-corrected chi connectivity index (χ2v) is 5.23. The molecule has 0 bridgehead atoms. The summed E-state index contributed by atoms with van der Waals surface area (Å²) in [7, 11) is 1.92. The summed E-state index contributed by atoms with van der Waals surface area (Å²) in [5.41, 5.74) is 1.06. The molecule has 90 valence electrons. The van der Waals surface area contributed by atoms with Gasteiger partial charge in [0.25, 0.3) is 0 Å². The normalized spacial score (nSPS) is 16.8. The van der Waals surface area contributed by atoms with Gasteiger partial charge in [0, 0.05) is 32.4 Å². The van der Waals surface area contributed by atoms with Gasteiger partial charge in [0.1, 0.15) is 0 Å². The van der Waals surface area contributed by atoms with Gasteiger partial charge < -0.3 is 5.11 Å². The summed E-state index contributed by atoms with van der Waals surface area (Å²) in [4.78, 5) is 2.33. The lowest BCUT2D eigenvalue weighted by Gasteiger charge is -2.36. The molecule has 0 aliphatic heterocycles. The fourth-order valence-electron chi connectivity index (χ4n) is 2.08. The van der Waals surface area contributed by atoms with Gasteiger partial charge in [-0.25, -0.2) is 0 Å². The van der Waals surface area contributed by atoms with Crippen molar-refractivity contribution in [3.63, 3.8) is 0 Å². The second-order valence-electron chi connectivity index (χ2n) is 4.38. The van der Waals surface area contributed by atoms with Gasteiger partial charge in [0.05, 0.1) is 16.8 Å². The number of aliphatic hydroxyl groups is 1. The van der Waals surface area contributed by atoms with Crippen molar-refractivity contribution in [3.8, 4) is 0 Å². The topological polar surface area (TPSA) is 41.3 Å². The van der Waals surface area contributed by atoms with Crippen molar-refractivity contribution < 1.29 is 5.11 Å². The van der Waals surface area contributed by atoms with E-state index in [1.165, 1.54) is 19.3 Å². The Balaban J connectivity index is 2.01. The minimum atomic E-state index is 0.223. The highest BCUT2D eigenvalue weighted by molar-refractivity contribution is 9.10. The summed E-state index contributed by atoms with van der Waals surface area (Å²) in [6, 6.07) is 0.640. The van der Waals surface area contributed by atoms with Crippen molar-refractivity contribution in [2.24, 2.45) is 7.05 Å². The number of aromatic nitrogens is 2. The first-order valence-corrected chi connectivity index (χ1v) is 6.53. The molecular weight excluding hydrogens is 270 g/mol. The first-order chi connectivity index (χ1) is 7.70. The molecule has 0 radical (unpaired) electrons. The summed E-state index contributed by atoms with van der Waals surface area (Å²) in [5, 5.41) is 13.5. The molecule has 1 saturated carbocycles. The number of halogens is 1. The molecule has 1 fully saturated rings. The predicted octanol–water partition coefficient (Wildman–Crippen LogP) is 1.53. The maximum absolute atomic E-state index is 9.08. The van der Waals surface area contributed by atoms with E-state index in [4.69, 9.17) is 5.11 Å². The van der Waals surface area contributed by atoms with Gasteiger partial charge in [-0.05, 0) is 28.8 Å². The van der Waals surface area contributed by atoms with Gasteiger partial charge in [0.15, 0.2) is 0 Å². The van der Waals surface area contributed by atoms with Gasteiger partial charge in [-0.1, -0.05) is 6.42 Å². The van der Waals surface area contributed by atoms with Crippen LogP contribution in [0.15, 0.2) is 10.7 Å². The van der Waals surface area contributed by atoms with E-state index < -0.39 is 0 Å². The van der Waals surface area contributed by atoms with E-state index in [0.717, 1.165) is 23.3 Å². The fraction of sp³-hybridized carbons (Fsp3) is 0.727. The Kier molecular flexibility index (Phi) is 4.00. The standard InChI is InChI=1S/C11H18BrN3O/c1-14-7-10(12)11(13-14)8-15(5-6-16)9-3-2-4-9/h7,9,16H,2-6,8H2,1H3. The summed E-state index contributed by atoms with van der Waals surface area (Å²) in [6.07, 6.45) is 5.79. The molecule has 0 spiro atoms. The third-order valence-electron chi connectivity index (χ3n) is 3.19. The van der Waals surface area contributed by atoms with E-state index in [0.29, 0.717) is 6.04 Å². The van der Waals surface area contributed by atoms with Crippen LogP contribution in [-0.2, 0) is 13.6 Å². The van der Waals surface area contributed by atoms with Crippen molar-refractivity contribution in [2.75, 3.05) is 13.2 Å². The highest BCUT2D eigenvalue weighted by Crippen LogP contribution is 2.27. The number of hydrogen-bond acceptors (Lipinski definition) is 3. The van der Waals surface area contributed by atoms with Crippen LogP contribution >= 0.6 is 15.9 Å². The average Bonchev–Trinajstić information content (AvgIpc) is 2.42. The van der Waals surface area contributed by atoms with E-state index in [9.17, 15) is 0 Å². The lowest BCUT2D eigenvalue weighted by Crippen LogP contribution is -2.41. The molecule has 1 heterocycles. The molecule has 1 aliphatic carbocycles. The van der Waals surface area contributed by atoms with Crippen molar-refractivity contribution in [3.05, 3.63) is 16.4 Å². The lowest BCUT2D eigenvalue weighted by molar-refractivity contribution is 0.0930. The Morgan fingerprint density at radius 2 is 2.38 bits per heavy atom. The first kappa shape index (κ1) is 12.1. The summed E-state index contributed by atoms with van der Waals surface area (Å²) < 4.78 is 2.87. The summed E-state index contributed by atoms with van der Waals surface area (Å²) in [6.45, 7) is 1.79. The minimum Gasteiger partial charge on any atom is -0.395 e. The Morgan fingerprint density at radius 3 is 2.81 bits per heavy atom. The Hall–Kier alpha value is -0.390. The van der Waals surface area contributed by atoms with Crippen molar-refractivity contribution in [2.45, 2.75) is 31.8 Å². The van der Waals surface area contributed by atoms with Crippen LogP contribution in [0.4, 0.5) is 0 Å². The SMILES string of the molecule is Cn1cc(Br)c(CN(CCO)C2CCC2)n1. The molecule has 0 unspecified atom stereocenters. The van der Waals surface area contributed by atoms with E-state index in [2.05, 4.69) is 25.9 Å². The zero-order valence-electron chi connectivity index (χ0n) is 9.56. The molecule has 5 heteroatoms. The zero-order chi connectivity index (χ0) is 11.5. The first-order valence-electron chi connectivity index (χ1n) is 5.73. The van der Waals surface area contributed by atoms with Crippen LogP contribution in [0.25, 0.3) is 0 Å². The molecule has 1 aromatic rings. The number of rotatable bonds is 5. The Labute approximate surface area is 104 Å². The average molecular weight is 288 g/mol. The smallest absolute Gasteiger partial charge is 0.0906 e. The molecule has 0 saturated heterocycles. The highest BCUT2D eigenvalue weighted by Gasteiger charge is 2.25. The third-order valence-corrected chi connectivity index (χ3v) is 3.85. The van der Waals surface area contributed by atoms with Crippen molar-refractivity contribution in [1.29, 1.82) is 0 Å². The molecule has 0 atom stereocenters. The van der Waals surface area contributed by atoms with Crippen LogP contribution in [0, 0.1) is 0 Å². The fourth-order valence-corrected chi connectivity index (χ4v) is 2.58. The molecule has 0 aromatic carbocycles. The van der Waals surface area contributed by atoms with E-state index in [1.54, 1.807) is 0 Å². The van der Waals surface area contributed by atoms with Gasteiger partial charge >= 0.3 is 0 Å². The number of aryl methyl sites for hydroxylation is 1. The maximum atomic E-state index is 9.08. The van der Waals surface area contributed by atoms with Crippen LogP contribution in [0.1, 0.15) is 25.0 Å².